The average Bonchev–Trinajstić information content (AvgIpc) is 3.20. The van der Waals surface area contributed by atoms with E-state index in [1.165, 1.54) is 63.8 Å². The monoisotopic (exact) mass is 386 g/mol. The fraction of sp³-hybridized carbons (Fsp3) is 0.739. The lowest BCUT2D eigenvalue weighted by molar-refractivity contribution is -0.101. The second-order valence-electron chi connectivity index (χ2n) is 9.23. The van der Waals surface area contributed by atoms with E-state index in [1.54, 1.807) is 0 Å². The van der Waals surface area contributed by atoms with Gasteiger partial charge in [0.25, 0.3) is 0 Å². The number of hydrogen-bond donors (Lipinski definition) is 1. The molecule has 1 aliphatic carbocycles. The van der Waals surface area contributed by atoms with Crippen LogP contribution in [0.1, 0.15) is 43.6 Å². The number of benzene rings is 1. The van der Waals surface area contributed by atoms with Crippen molar-refractivity contribution < 1.29 is 14.2 Å². The lowest BCUT2D eigenvalue weighted by Crippen LogP contribution is -2.52. The highest BCUT2D eigenvalue weighted by atomic mass is 16.6. The molecule has 0 bridgehead atoms. The summed E-state index contributed by atoms with van der Waals surface area (Å²) in [6.45, 7) is 7.55. The van der Waals surface area contributed by atoms with E-state index in [4.69, 9.17) is 14.2 Å². The van der Waals surface area contributed by atoms with Gasteiger partial charge in [-0.05, 0) is 68.2 Å². The first kappa shape index (κ1) is 18.9. The number of hydrogen-bond acceptors (Lipinski definition) is 5. The number of nitrogens with zero attached hydrogens (tertiary/aromatic N) is 1. The highest BCUT2D eigenvalue weighted by Gasteiger charge is 2.45. The molecule has 4 fully saturated rings. The maximum atomic E-state index is 6.18. The van der Waals surface area contributed by atoms with Gasteiger partial charge in [-0.3, -0.25) is 0 Å². The van der Waals surface area contributed by atoms with Crippen LogP contribution in [0.5, 0.6) is 5.75 Å². The number of likely N-dealkylation sites (tertiary alicyclic amines) is 1. The van der Waals surface area contributed by atoms with Gasteiger partial charge in [0, 0.05) is 19.1 Å². The van der Waals surface area contributed by atoms with Crippen LogP contribution in [-0.4, -0.2) is 69.7 Å². The maximum Gasteiger partial charge on any atom is 0.122 e. The molecule has 1 N–H and O–H groups in total. The van der Waals surface area contributed by atoms with Crippen LogP contribution in [0.25, 0.3) is 0 Å². The van der Waals surface area contributed by atoms with E-state index >= 15 is 0 Å². The van der Waals surface area contributed by atoms with Gasteiger partial charge in [-0.2, -0.15) is 0 Å². The summed E-state index contributed by atoms with van der Waals surface area (Å²) in [6.07, 6.45) is 6.77. The van der Waals surface area contributed by atoms with Crippen molar-refractivity contribution in [2.75, 3.05) is 52.6 Å². The molecule has 1 spiro atoms. The standard InChI is InChI=1S/C23H34N2O3/c1-2-4-22(28-15-20-14-26-11-12-27-20)21(3-1)18-6-9-25(10-7-18)19-5-8-23(13-19)16-24-17-23/h1-4,18-20,24H,5-17H2/t19-,20+/m1/s1. The molecule has 3 saturated heterocycles. The molecule has 2 atom stereocenters. The van der Waals surface area contributed by atoms with Gasteiger partial charge in [0.2, 0.25) is 0 Å². The molecule has 5 nitrogen and oxygen atoms in total. The van der Waals surface area contributed by atoms with Crippen molar-refractivity contribution in [2.45, 2.75) is 50.2 Å². The first-order chi connectivity index (χ1) is 13.8. The molecule has 3 heterocycles. The molecule has 0 amide bonds. The third-order valence-electron chi connectivity index (χ3n) is 7.39. The van der Waals surface area contributed by atoms with Crippen LogP contribution in [0, 0.1) is 5.41 Å². The van der Waals surface area contributed by atoms with E-state index < -0.39 is 0 Å². The second-order valence-corrected chi connectivity index (χ2v) is 9.23. The Morgan fingerprint density at radius 2 is 1.96 bits per heavy atom. The third-order valence-corrected chi connectivity index (χ3v) is 7.39. The molecule has 1 aromatic rings. The van der Waals surface area contributed by atoms with Crippen LogP contribution in [0.15, 0.2) is 24.3 Å². The normalized spacial score (nSPS) is 31.0. The molecular weight excluding hydrogens is 352 g/mol. The van der Waals surface area contributed by atoms with Crippen molar-refractivity contribution in [3.8, 4) is 5.75 Å². The Morgan fingerprint density at radius 3 is 2.68 bits per heavy atom. The first-order valence-electron chi connectivity index (χ1n) is 11.2. The molecule has 5 heteroatoms. The topological polar surface area (TPSA) is 43.0 Å². The Morgan fingerprint density at radius 1 is 1.11 bits per heavy atom. The van der Waals surface area contributed by atoms with Gasteiger partial charge in [-0.25, -0.2) is 0 Å². The fourth-order valence-corrected chi connectivity index (χ4v) is 5.63. The predicted octanol–water partition coefficient (Wildman–Crippen LogP) is 2.80. The summed E-state index contributed by atoms with van der Waals surface area (Å²) in [5.41, 5.74) is 2.03. The summed E-state index contributed by atoms with van der Waals surface area (Å²) in [5, 5.41) is 3.49. The van der Waals surface area contributed by atoms with Gasteiger partial charge in [-0.1, -0.05) is 18.2 Å². The van der Waals surface area contributed by atoms with E-state index in [0.717, 1.165) is 11.8 Å². The van der Waals surface area contributed by atoms with Crippen LogP contribution in [0.3, 0.4) is 0 Å². The van der Waals surface area contributed by atoms with Crippen molar-refractivity contribution in [1.29, 1.82) is 0 Å². The molecule has 3 aliphatic heterocycles. The summed E-state index contributed by atoms with van der Waals surface area (Å²) in [5.74, 6) is 1.65. The number of para-hydroxylation sites is 1. The molecule has 154 valence electrons. The van der Waals surface area contributed by atoms with Gasteiger partial charge in [0.05, 0.1) is 19.8 Å². The highest BCUT2D eigenvalue weighted by molar-refractivity contribution is 5.36. The molecule has 5 rings (SSSR count). The Labute approximate surface area is 168 Å². The fourth-order valence-electron chi connectivity index (χ4n) is 5.63. The quantitative estimate of drug-likeness (QED) is 0.843. The zero-order valence-corrected chi connectivity index (χ0v) is 16.9. The van der Waals surface area contributed by atoms with Crippen molar-refractivity contribution in [2.24, 2.45) is 5.41 Å². The molecule has 1 aromatic carbocycles. The van der Waals surface area contributed by atoms with Crippen LogP contribution < -0.4 is 10.1 Å². The highest BCUT2D eigenvalue weighted by Crippen LogP contribution is 2.44. The molecule has 28 heavy (non-hydrogen) atoms. The van der Waals surface area contributed by atoms with E-state index in [9.17, 15) is 0 Å². The first-order valence-corrected chi connectivity index (χ1v) is 11.2. The summed E-state index contributed by atoms with van der Waals surface area (Å²) in [6, 6.07) is 9.43. The predicted molar refractivity (Wildman–Crippen MR) is 109 cm³/mol. The van der Waals surface area contributed by atoms with E-state index in [0.29, 0.717) is 37.8 Å². The SMILES string of the molecule is c1ccc(C2CCN([C@@H]3CCC4(CNC4)C3)CC2)c(OC[C@@H]2COCCO2)c1. The molecule has 4 aliphatic rings. The Kier molecular flexibility index (Phi) is 5.60. The summed E-state index contributed by atoms with van der Waals surface area (Å²) in [7, 11) is 0. The second kappa shape index (κ2) is 8.31. The van der Waals surface area contributed by atoms with E-state index in [2.05, 4.69) is 34.5 Å². The lowest BCUT2D eigenvalue weighted by Gasteiger charge is -2.41. The van der Waals surface area contributed by atoms with Crippen LogP contribution in [-0.2, 0) is 9.47 Å². The summed E-state index contributed by atoms with van der Waals surface area (Å²) >= 11 is 0. The molecule has 0 unspecified atom stereocenters. The van der Waals surface area contributed by atoms with Gasteiger partial charge in [0.15, 0.2) is 0 Å². The molecule has 0 radical (unpaired) electrons. The molecule has 0 aromatic heterocycles. The number of ether oxygens (including phenoxy) is 3. The number of nitrogens with one attached hydrogen (secondary N) is 1. The van der Waals surface area contributed by atoms with E-state index in [1.807, 2.05) is 0 Å². The smallest absolute Gasteiger partial charge is 0.122 e. The van der Waals surface area contributed by atoms with Gasteiger partial charge in [-0.15, -0.1) is 0 Å². The van der Waals surface area contributed by atoms with Crippen LogP contribution in [0.4, 0.5) is 0 Å². The largest absolute Gasteiger partial charge is 0.490 e. The van der Waals surface area contributed by atoms with Gasteiger partial charge < -0.3 is 24.4 Å². The zero-order chi connectivity index (χ0) is 18.8. The maximum absolute atomic E-state index is 6.18. The van der Waals surface area contributed by atoms with E-state index in [-0.39, 0.29) is 6.10 Å². The summed E-state index contributed by atoms with van der Waals surface area (Å²) in [4.78, 5) is 2.78. The minimum absolute atomic E-state index is 0.0549. The molecular formula is C23H34N2O3. The number of rotatable bonds is 5. The van der Waals surface area contributed by atoms with Crippen molar-refractivity contribution in [1.82, 2.24) is 10.2 Å². The van der Waals surface area contributed by atoms with Crippen LogP contribution >= 0.6 is 0 Å². The molecule has 1 saturated carbocycles. The van der Waals surface area contributed by atoms with Crippen molar-refractivity contribution in [3.63, 3.8) is 0 Å². The van der Waals surface area contributed by atoms with Crippen molar-refractivity contribution >= 4 is 0 Å². The van der Waals surface area contributed by atoms with Gasteiger partial charge >= 0.3 is 0 Å². The average molecular weight is 387 g/mol. The van der Waals surface area contributed by atoms with Crippen LogP contribution in [0.2, 0.25) is 0 Å². The Hall–Kier alpha value is -1.14. The Bertz CT molecular complexity index is 649. The zero-order valence-electron chi connectivity index (χ0n) is 16.9. The minimum atomic E-state index is 0.0549. The van der Waals surface area contributed by atoms with Crippen molar-refractivity contribution in [3.05, 3.63) is 29.8 Å². The van der Waals surface area contributed by atoms with Gasteiger partial charge in [0.1, 0.15) is 18.5 Å². The lowest BCUT2D eigenvalue weighted by atomic mass is 9.80. The summed E-state index contributed by atoms with van der Waals surface area (Å²) < 4.78 is 17.4. The minimum Gasteiger partial charge on any atom is -0.490 e. The Balaban J connectivity index is 1.16. The third kappa shape index (κ3) is 3.95. The number of piperidine rings is 1.